The second-order valence-corrected chi connectivity index (χ2v) is 6.43. The Morgan fingerprint density at radius 3 is 2.39 bits per heavy atom. The van der Waals surface area contributed by atoms with E-state index in [1.165, 1.54) is 0 Å². The molecule has 0 aliphatic carbocycles. The summed E-state index contributed by atoms with van der Waals surface area (Å²) in [5, 5.41) is 16.7. The summed E-state index contributed by atoms with van der Waals surface area (Å²) in [6.07, 6.45) is 1.07. The molecule has 130 valence electrons. The minimum Gasteiger partial charge on any atom is -0.391 e. The smallest absolute Gasteiger partial charge is 0.230 e. The molecule has 1 amide bonds. The molecule has 0 spiro atoms. The van der Waals surface area contributed by atoms with Crippen LogP contribution in [-0.2, 0) is 10.2 Å². The van der Waals surface area contributed by atoms with Gasteiger partial charge in [-0.1, -0.05) is 37.6 Å². The van der Waals surface area contributed by atoms with E-state index in [1.54, 1.807) is 0 Å². The Morgan fingerprint density at radius 1 is 1.30 bits per heavy atom. The quantitative estimate of drug-likeness (QED) is 0.730. The fourth-order valence-electron chi connectivity index (χ4n) is 3.20. The molecule has 23 heavy (non-hydrogen) atoms. The van der Waals surface area contributed by atoms with Crippen molar-refractivity contribution in [3.05, 3.63) is 34.9 Å². The van der Waals surface area contributed by atoms with E-state index in [0.29, 0.717) is 18.1 Å². The van der Waals surface area contributed by atoms with Gasteiger partial charge in [-0.05, 0) is 30.5 Å². The van der Waals surface area contributed by atoms with E-state index in [2.05, 4.69) is 10.6 Å². The number of nitrogens with one attached hydrogen (secondary N) is 2. The number of carbonyl (C=O) groups is 1. The number of amides is 1. The fourth-order valence-corrected chi connectivity index (χ4v) is 3.33. The van der Waals surface area contributed by atoms with Crippen LogP contribution < -0.4 is 10.6 Å². The first kappa shape index (κ1) is 20.2. The van der Waals surface area contributed by atoms with Crippen molar-refractivity contribution >= 4 is 29.9 Å². The summed E-state index contributed by atoms with van der Waals surface area (Å²) in [5.41, 5.74) is 0.450. The first-order valence-electron chi connectivity index (χ1n) is 7.96. The van der Waals surface area contributed by atoms with Crippen LogP contribution in [0.5, 0.6) is 0 Å². The zero-order valence-electron chi connectivity index (χ0n) is 13.6. The molecular formula is C17H26Cl2N2O2. The Bertz CT molecular complexity index is 504. The van der Waals surface area contributed by atoms with Crippen molar-refractivity contribution in [2.24, 2.45) is 5.92 Å². The molecule has 0 radical (unpaired) electrons. The summed E-state index contributed by atoms with van der Waals surface area (Å²) in [6, 6.07) is 7.52. The lowest BCUT2D eigenvalue weighted by Gasteiger charge is -2.31. The Hall–Kier alpha value is -0.810. The molecule has 1 aliphatic rings. The highest BCUT2D eigenvalue weighted by Crippen LogP contribution is 2.33. The van der Waals surface area contributed by atoms with Gasteiger partial charge in [-0.25, -0.2) is 0 Å². The van der Waals surface area contributed by atoms with E-state index in [1.807, 2.05) is 38.1 Å². The minimum atomic E-state index is -0.540. The number of hydrogen-bond donors (Lipinski definition) is 3. The number of rotatable bonds is 6. The second-order valence-electron chi connectivity index (χ2n) is 5.99. The lowest BCUT2D eigenvalue weighted by Crippen LogP contribution is -2.46. The summed E-state index contributed by atoms with van der Waals surface area (Å²) in [4.78, 5) is 12.8. The van der Waals surface area contributed by atoms with Gasteiger partial charge in [0.1, 0.15) is 0 Å². The molecule has 0 saturated carbocycles. The molecule has 1 heterocycles. The topological polar surface area (TPSA) is 61.4 Å². The largest absolute Gasteiger partial charge is 0.391 e. The van der Waals surface area contributed by atoms with Crippen molar-refractivity contribution in [3.8, 4) is 0 Å². The Balaban J connectivity index is 0.00000264. The standard InChI is InChI=1S/C17H25ClN2O2.ClH/c1-3-17(4-2,13-5-7-14(18)8-6-13)16(22)20-10-12-9-19-11-15(12)21;/h5-8,12,15,19,21H,3-4,9-11H2,1-2H3,(H,20,22);1H. The molecule has 4 nitrogen and oxygen atoms in total. The van der Waals surface area contributed by atoms with Crippen molar-refractivity contribution in [3.63, 3.8) is 0 Å². The van der Waals surface area contributed by atoms with Gasteiger partial charge in [0.2, 0.25) is 5.91 Å². The highest BCUT2D eigenvalue weighted by atomic mass is 35.5. The van der Waals surface area contributed by atoms with Crippen LogP contribution in [0.25, 0.3) is 0 Å². The third kappa shape index (κ3) is 4.38. The third-order valence-electron chi connectivity index (χ3n) is 4.87. The highest BCUT2D eigenvalue weighted by molar-refractivity contribution is 6.30. The molecule has 1 aromatic rings. The maximum atomic E-state index is 12.8. The normalized spacial score (nSPS) is 20.9. The van der Waals surface area contributed by atoms with Crippen LogP contribution in [-0.4, -0.2) is 36.8 Å². The lowest BCUT2D eigenvalue weighted by atomic mass is 9.75. The van der Waals surface area contributed by atoms with Crippen LogP contribution in [0.3, 0.4) is 0 Å². The van der Waals surface area contributed by atoms with Crippen LogP contribution in [0, 0.1) is 5.92 Å². The molecule has 0 bridgehead atoms. The van der Waals surface area contributed by atoms with Gasteiger partial charge < -0.3 is 15.7 Å². The van der Waals surface area contributed by atoms with Gasteiger partial charge in [0.25, 0.3) is 0 Å². The van der Waals surface area contributed by atoms with Gasteiger partial charge in [0.15, 0.2) is 0 Å². The summed E-state index contributed by atoms with van der Waals surface area (Å²) in [5.74, 6) is 0.111. The van der Waals surface area contributed by atoms with E-state index in [0.717, 1.165) is 24.9 Å². The zero-order chi connectivity index (χ0) is 16.2. The van der Waals surface area contributed by atoms with E-state index in [-0.39, 0.29) is 30.3 Å². The van der Waals surface area contributed by atoms with Crippen LogP contribution >= 0.6 is 24.0 Å². The Morgan fingerprint density at radius 2 is 1.91 bits per heavy atom. The average molecular weight is 361 g/mol. The summed E-state index contributed by atoms with van der Waals surface area (Å²) in [6.45, 7) is 5.91. The van der Waals surface area contributed by atoms with Gasteiger partial charge in [0.05, 0.1) is 11.5 Å². The average Bonchev–Trinajstić information content (AvgIpc) is 2.94. The molecule has 0 aromatic heterocycles. The number of aliphatic hydroxyl groups excluding tert-OH is 1. The second kappa shape index (κ2) is 8.88. The number of aliphatic hydroxyl groups is 1. The van der Waals surface area contributed by atoms with Gasteiger partial charge in [-0.3, -0.25) is 4.79 Å². The predicted molar refractivity (Wildman–Crippen MR) is 96.3 cm³/mol. The first-order chi connectivity index (χ1) is 10.5. The van der Waals surface area contributed by atoms with Crippen molar-refractivity contribution in [2.75, 3.05) is 19.6 Å². The minimum absolute atomic E-state index is 0. The third-order valence-corrected chi connectivity index (χ3v) is 5.12. The number of benzene rings is 1. The van der Waals surface area contributed by atoms with Crippen LogP contribution in [0.15, 0.2) is 24.3 Å². The van der Waals surface area contributed by atoms with Gasteiger partial charge in [0, 0.05) is 30.6 Å². The maximum absolute atomic E-state index is 12.8. The summed E-state index contributed by atoms with van der Waals surface area (Å²) < 4.78 is 0. The maximum Gasteiger partial charge on any atom is 0.230 e. The summed E-state index contributed by atoms with van der Waals surface area (Å²) in [7, 11) is 0. The molecule has 1 aromatic carbocycles. The monoisotopic (exact) mass is 360 g/mol. The fraction of sp³-hybridized carbons (Fsp3) is 0.588. The molecule has 2 atom stereocenters. The number of carbonyl (C=O) groups excluding carboxylic acids is 1. The summed E-state index contributed by atoms with van der Waals surface area (Å²) >= 11 is 5.96. The molecule has 2 unspecified atom stereocenters. The first-order valence-corrected chi connectivity index (χ1v) is 8.34. The van der Waals surface area contributed by atoms with Gasteiger partial charge >= 0.3 is 0 Å². The van der Waals surface area contributed by atoms with Crippen molar-refractivity contribution in [2.45, 2.75) is 38.2 Å². The number of β-amino-alcohol motifs (C(OH)–C–C–N with tert-alkyl or cyclic N) is 1. The van der Waals surface area contributed by atoms with E-state index in [4.69, 9.17) is 11.6 Å². The molecule has 1 fully saturated rings. The SMILES string of the molecule is CCC(CC)(C(=O)NCC1CNCC1O)c1ccc(Cl)cc1.Cl. The molecule has 1 saturated heterocycles. The predicted octanol–water partition coefficient (Wildman–Crippen LogP) is 2.52. The van der Waals surface area contributed by atoms with Crippen LogP contribution in [0.1, 0.15) is 32.3 Å². The van der Waals surface area contributed by atoms with E-state index >= 15 is 0 Å². The molecule has 2 rings (SSSR count). The van der Waals surface area contributed by atoms with Crippen LogP contribution in [0.4, 0.5) is 0 Å². The Kier molecular flexibility index (Phi) is 7.81. The Labute approximate surface area is 149 Å². The van der Waals surface area contributed by atoms with Gasteiger partial charge in [-0.2, -0.15) is 0 Å². The molecular weight excluding hydrogens is 335 g/mol. The molecule has 6 heteroatoms. The van der Waals surface area contributed by atoms with Crippen molar-refractivity contribution in [1.29, 1.82) is 0 Å². The van der Waals surface area contributed by atoms with E-state index in [9.17, 15) is 9.90 Å². The van der Waals surface area contributed by atoms with Crippen molar-refractivity contribution in [1.82, 2.24) is 10.6 Å². The zero-order valence-corrected chi connectivity index (χ0v) is 15.2. The van der Waals surface area contributed by atoms with Crippen molar-refractivity contribution < 1.29 is 9.90 Å². The van der Waals surface area contributed by atoms with E-state index < -0.39 is 5.41 Å². The number of hydrogen-bond acceptors (Lipinski definition) is 3. The highest BCUT2D eigenvalue weighted by Gasteiger charge is 2.37. The molecule has 1 aliphatic heterocycles. The van der Waals surface area contributed by atoms with Crippen LogP contribution in [0.2, 0.25) is 5.02 Å². The number of halogens is 2. The lowest BCUT2D eigenvalue weighted by molar-refractivity contribution is -0.127. The molecule has 3 N–H and O–H groups in total. The van der Waals surface area contributed by atoms with Gasteiger partial charge in [-0.15, -0.1) is 12.4 Å².